The van der Waals surface area contributed by atoms with Crippen LogP contribution in [0.25, 0.3) is 0 Å². The summed E-state index contributed by atoms with van der Waals surface area (Å²) >= 11 is 0. The first kappa shape index (κ1) is 16.1. The number of hydrogen-bond acceptors (Lipinski definition) is 3. The zero-order valence-corrected chi connectivity index (χ0v) is 14.5. The Morgan fingerprint density at radius 1 is 0.917 bits per heavy atom. The highest BCUT2D eigenvalue weighted by Crippen LogP contribution is 2.29. The Hall–Kier alpha value is -1.39. The molecular weight excluding hydrogens is 298 g/mol. The minimum Gasteiger partial charge on any atom is -0.369 e. The zero-order chi connectivity index (χ0) is 16.5. The molecule has 1 aromatic rings. The lowest BCUT2D eigenvalue weighted by Gasteiger charge is -2.43. The summed E-state index contributed by atoms with van der Waals surface area (Å²) in [6.07, 6.45) is 7.00. The largest absolute Gasteiger partial charge is 0.369 e. The number of rotatable bonds is 3. The maximum Gasteiger partial charge on any atom is 0.221 e. The van der Waals surface area contributed by atoms with Crippen molar-refractivity contribution in [1.82, 2.24) is 9.80 Å². The monoisotopic (exact) mass is 327 g/mol. The molecule has 0 unspecified atom stereocenters. The second kappa shape index (κ2) is 6.85. The number of fused-ring (bicyclic) bond motifs is 1. The van der Waals surface area contributed by atoms with Gasteiger partial charge >= 0.3 is 0 Å². The molecule has 4 nitrogen and oxygen atoms in total. The summed E-state index contributed by atoms with van der Waals surface area (Å²) in [5.41, 5.74) is 8.62. The van der Waals surface area contributed by atoms with E-state index < -0.39 is 0 Å². The van der Waals surface area contributed by atoms with Crippen LogP contribution in [0.4, 0.5) is 0 Å². The average molecular weight is 327 g/mol. The molecule has 1 aliphatic carbocycles. The van der Waals surface area contributed by atoms with Crippen molar-refractivity contribution < 1.29 is 4.79 Å². The van der Waals surface area contributed by atoms with Crippen molar-refractivity contribution in [3.8, 4) is 0 Å². The number of amides is 1. The molecule has 1 aromatic carbocycles. The Balaban J connectivity index is 1.30. The van der Waals surface area contributed by atoms with Gasteiger partial charge in [0, 0.05) is 18.6 Å². The van der Waals surface area contributed by atoms with Gasteiger partial charge in [-0.3, -0.25) is 14.6 Å². The number of piperidine rings is 2. The number of likely N-dealkylation sites (tertiary alicyclic amines) is 2. The normalized spacial score (nSPS) is 27.2. The highest BCUT2D eigenvalue weighted by molar-refractivity contribution is 5.76. The van der Waals surface area contributed by atoms with Gasteiger partial charge in [-0.25, -0.2) is 0 Å². The lowest BCUT2D eigenvalue weighted by molar-refractivity contribution is -0.123. The summed E-state index contributed by atoms with van der Waals surface area (Å²) in [5, 5.41) is 0. The summed E-state index contributed by atoms with van der Waals surface area (Å²) in [7, 11) is 0. The van der Waals surface area contributed by atoms with Crippen LogP contribution < -0.4 is 5.73 Å². The molecule has 0 radical (unpaired) electrons. The third-order valence-corrected chi connectivity index (χ3v) is 6.42. The topological polar surface area (TPSA) is 49.6 Å². The van der Waals surface area contributed by atoms with E-state index in [1.807, 2.05) is 0 Å². The molecule has 2 aliphatic heterocycles. The van der Waals surface area contributed by atoms with Crippen LogP contribution in [0.15, 0.2) is 24.3 Å². The third kappa shape index (κ3) is 3.22. The third-order valence-electron chi connectivity index (χ3n) is 6.42. The van der Waals surface area contributed by atoms with E-state index >= 15 is 0 Å². The summed E-state index contributed by atoms with van der Waals surface area (Å²) in [6.45, 7) is 4.42. The molecule has 0 bridgehead atoms. The van der Waals surface area contributed by atoms with Crippen molar-refractivity contribution in [3.05, 3.63) is 35.4 Å². The summed E-state index contributed by atoms with van der Waals surface area (Å²) in [4.78, 5) is 16.7. The first-order valence-electron chi connectivity index (χ1n) is 9.55. The lowest BCUT2D eigenvalue weighted by Crippen LogP contribution is -2.52. The van der Waals surface area contributed by atoms with Gasteiger partial charge in [0.05, 0.1) is 5.92 Å². The highest BCUT2D eigenvalue weighted by atomic mass is 16.1. The van der Waals surface area contributed by atoms with E-state index in [9.17, 15) is 4.79 Å². The lowest BCUT2D eigenvalue weighted by atomic mass is 9.93. The smallest absolute Gasteiger partial charge is 0.221 e. The fraction of sp³-hybridized carbons (Fsp3) is 0.650. The predicted molar refractivity (Wildman–Crippen MR) is 95.7 cm³/mol. The molecule has 0 saturated carbocycles. The molecule has 1 atom stereocenters. The van der Waals surface area contributed by atoms with Crippen molar-refractivity contribution in [2.45, 2.75) is 50.6 Å². The Morgan fingerprint density at radius 2 is 1.58 bits per heavy atom. The molecule has 0 aromatic heterocycles. The van der Waals surface area contributed by atoms with E-state index in [2.05, 4.69) is 34.1 Å². The van der Waals surface area contributed by atoms with E-state index in [0.29, 0.717) is 12.1 Å². The Bertz CT molecular complexity index is 569. The number of hydrogen-bond donors (Lipinski definition) is 1. The number of primary amides is 1. The highest BCUT2D eigenvalue weighted by Gasteiger charge is 2.33. The maximum absolute atomic E-state index is 11.5. The van der Waals surface area contributed by atoms with E-state index in [0.717, 1.165) is 25.9 Å². The van der Waals surface area contributed by atoms with E-state index in [1.165, 1.54) is 38.8 Å². The van der Waals surface area contributed by atoms with Crippen molar-refractivity contribution in [2.75, 3.05) is 26.2 Å². The minimum absolute atomic E-state index is 0.0705. The van der Waals surface area contributed by atoms with Crippen LogP contribution in [-0.2, 0) is 17.6 Å². The number of carbonyl (C=O) groups is 1. The molecule has 4 heteroatoms. The van der Waals surface area contributed by atoms with Gasteiger partial charge in [0.25, 0.3) is 0 Å². The fourth-order valence-electron chi connectivity index (χ4n) is 4.98. The van der Waals surface area contributed by atoms with Gasteiger partial charge in [-0.15, -0.1) is 0 Å². The van der Waals surface area contributed by atoms with Crippen molar-refractivity contribution in [2.24, 2.45) is 11.7 Å². The Morgan fingerprint density at radius 3 is 2.21 bits per heavy atom. The van der Waals surface area contributed by atoms with Gasteiger partial charge in [-0.05, 0) is 69.3 Å². The SMILES string of the molecule is NC(=O)[C@@H]1CCCN(C2CCN(C3Cc4ccccc4C3)CC2)C1. The molecule has 3 aliphatic rings. The summed E-state index contributed by atoms with van der Waals surface area (Å²) in [5.74, 6) is -0.0398. The molecule has 0 spiro atoms. The molecule has 2 heterocycles. The fourth-order valence-corrected chi connectivity index (χ4v) is 4.98. The molecule has 2 N–H and O–H groups in total. The van der Waals surface area contributed by atoms with Crippen LogP contribution in [0.1, 0.15) is 36.8 Å². The molecular formula is C20H29N3O. The second-order valence-electron chi connectivity index (χ2n) is 7.83. The van der Waals surface area contributed by atoms with Crippen molar-refractivity contribution >= 4 is 5.91 Å². The van der Waals surface area contributed by atoms with E-state index in [-0.39, 0.29) is 11.8 Å². The molecule has 4 rings (SSSR count). The van der Waals surface area contributed by atoms with E-state index in [4.69, 9.17) is 5.73 Å². The zero-order valence-electron chi connectivity index (χ0n) is 14.5. The van der Waals surface area contributed by atoms with Gasteiger partial charge in [-0.1, -0.05) is 24.3 Å². The number of nitrogens with two attached hydrogens (primary N) is 1. The van der Waals surface area contributed by atoms with Crippen LogP contribution >= 0.6 is 0 Å². The molecule has 24 heavy (non-hydrogen) atoms. The maximum atomic E-state index is 11.5. The Kier molecular flexibility index (Phi) is 4.59. The van der Waals surface area contributed by atoms with Crippen molar-refractivity contribution in [1.29, 1.82) is 0 Å². The summed E-state index contributed by atoms with van der Waals surface area (Å²) < 4.78 is 0. The van der Waals surface area contributed by atoms with E-state index in [1.54, 1.807) is 11.1 Å². The van der Waals surface area contributed by atoms with Crippen LogP contribution in [-0.4, -0.2) is 54.0 Å². The molecule has 1 amide bonds. The van der Waals surface area contributed by atoms with Gasteiger partial charge in [0.15, 0.2) is 0 Å². The van der Waals surface area contributed by atoms with Gasteiger partial charge < -0.3 is 5.73 Å². The second-order valence-corrected chi connectivity index (χ2v) is 7.83. The summed E-state index contributed by atoms with van der Waals surface area (Å²) in [6, 6.07) is 10.3. The van der Waals surface area contributed by atoms with Crippen LogP contribution in [0.5, 0.6) is 0 Å². The standard InChI is InChI=1S/C20H29N3O/c21-20(24)17-6-3-9-23(14-17)18-7-10-22(11-8-18)19-12-15-4-1-2-5-16(15)13-19/h1-2,4-5,17-19H,3,6-14H2,(H2,21,24)/t17-/m1/s1. The molecule has 130 valence electrons. The Labute approximate surface area is 145 Å². The number of nitrogens with zero attached hydrogens (tertiary/aromatic N) is 2. The van der Waals surface area contributed by atoms with Gasteiger partial charge in [0.1, 0.15) is 0 Å². The number of benzene rings is 1. The quantitative estimate of drug-likeness (QED) is 0.921. The van der Waals surface area contributed by atoms with Gasteiger partial charge in [-0.2, -0.15) is 0 Å². The van der Waals surface area contributed by atoms with Crippen molar-refractivity contribution in [3.63, 3.8) is 0 Å². The predicted octanol–water partition coefficient (Wildman–Crippen LogP) is 1.82. The van der Waals surface area contributed by atoms with Gasteiger partial charge in [0.2, 0.25) is 5.91 Å². The molecule has 2 fully saturated rings. The minimum atomic E-state index is -0.110. The molecule has 2 saturated heterocycles. The van der Waals surface area contributed by atoms with Crippen LogP contribution in [0, 0.1) is 5.92 Å². The first-order valence-corrected chi connectivity index (χ1v) is 9.55. The average Bonchev–Trinajstić information content (AvgIpc) is 3.06. The number of carbonyl (C=O) groups excluding carboxylic acids is 1. The first-order chi connectivity index (χ1) is 11.7. The van der Waals surface area contributed by atoms with Crippen LogP contribution in [0.3, 0.4) is 0 Å². The van der Waals surface area contributed by atoms with Crippen LogP contribution in [0.2, 0.25) is 0 Å².